The first kappa shape index (κ1) is 12.9. The average Bonchev–Trinajstić information content (AvgIpc) is 3.16. The van der Waals surface area contributed by atoms with Crippen LogP contribution in [0.15, 0.2) is 58.2 Å². The Kier molecular flexibility index (Phi) is 3.52. The number of nitrogens with one attached hydrogen (secondary N) is 1. The minimum atomic E-state index is 0.0140. The molecule has 3 rings (SSSR count). The molecule has 0 radical (unpaired) electrons. The Morgan fingerprint density at radius 3 is 2.75 bits per heavy atom. The highest BCUT2D eigenvalue weighted by atomic mass is 32.1. The fourth-order valence-corrected chi connectivity index (χ4v) is 2.49. The topological polar surface area (TPSA) is 40.8 Å². The molecule has 20 heavy (non-hydrogen) atoms. The van der Waals surface area contributed by atoms with Crippen LogP contribution in [0.25, 0.3) is 0 Å². The van der Waals surface area contributed by atoms with Gasteiger partial charge in [0.25, 0.3) is 0 Å². The summed E-state index contributed by atoms with van der Waals surface area (Å²) in [6.45, 7) is 0. The largest absolute Gasteiger partial charge is 0.467 e. The highest BCUT2D eigenvalue weighted by molar-refractivity contribution is 7.80. The van der Waals surface area contributed by atoms with Crippen molar-refractivity contribution in [1.29, 1.82) is 0 Å². The van der Waals surface area contributed by atoms with Gasteiger partial charge in [0, 0.05) is 13.5 Å². The Hall–Kier alpha value is -2.14. The van der Waals surface area contributed by atoms with Gasteiger partial charge in [-0.25, -0.2) is 5.01 Å². The molecule has 0 fully saturated rings. The van der Waals surface area contributed by atoms with E-state index in [0.717, 1.165) is 23.5 Å². The van der Waals surface area contributed by atoms with Crippen LogP contribution in [0, 0.1) is 0 Å². The van der Waals surface area contributed by atoms with Crippen molar-refractivity contribution in [3.63, 3.8) is 0 Å². The summed E-state index contributed by atoms with van der Waals surface area (Å²) in [7, 11) is 1.80. The van der Waals surface area contributed by atoms with E-state index in [9.17, 15) is 0 Å². The Morgan fingerprint density at radius 1 is 1.30 bits per heavy atom. The predicted molar refractivity (Wildman–Crippen MR) is 82.5 cm³/mol. The molecular formula is C15H15N3OS. The third kappa shape index (κ3) is 2.32. The van der Waals surface area contributed by atoms with Crippen molar-refractivity contribution >= 4 is 23.0 Å². The molecule has 1 aromatic heterocycles. The van der Waals surface area contributed by atoms with Gasteiger partial charge in [0.2, 0.25) is 0 Å². The van der Waals surface area contributed by atoms with Gasteiger partial charge in [-0.2, -0.15) is 5.10 Å². The summed E-state index contributed by atoms with van der Waals surface area (Å²) in [6.07, 6.45) is 2.45. The quantitative estimate of drug-likeness (QED) is 0.861. The molecule has 1 unspecified atom stereocenters. The van der Waals surface area contributed by atoms with Crippen LogP contribution < -0.4 is 5.32 Å². The van der Waals surface area contributed by atoms with Crippen molar-refractivity contribution < 1.29 is 4.42 Å². The smallest absolute Gasteiger partial charge is 0.190 e. The van der Waals surface area contributed by atoms with E-state index < -0.39 is 0 Å². The van der Waals surface area contributed by atoms with Crippen LogP contribution in [-0.4, -0.2) is 22.9 Å². The average molecular weight is 285 g/mol. The zero-order valence-corrected chi connectivity index (χ0v) is 11.9. The van der Waals surface area contributed by atoms with Crippen LogP contribution in [0.3, 0.4) is 0 Å². The van der Waals surface area contributed by atoms with Gasteiger partial charge in [-0.05, 0) is 29.9 Å². The molecule has 0 amide bonds. The monoisotopic (exact) mass is 285 g/mol. The van der Waals surface area contributed by atoms with Crippen LogP contribution in [0.1, 0.15) is 23.8 Å². The Bertz CT molecular complexity index is 622. The number of thiocarbonyl (C=S) groups is 1. The lowest BCUT2D eigenvalue weighted by Gasteiger charge is -2.21. The Morgan fingerprint density at radius 2 is 2.10 bits per heavy atom. The molecule has 1 atom stereocenters. The van der Waals surface area contributed by atoms with E-state index in [0.29, 0.717) is 5.11 Å². The summed E-state index contributed by atoms with van der Waals surface area (Å²) in [5.41, 5.74) is 2.13. The van der Waals surface area contributed by atoms with Crippen LogP contribution in [0.4, 0.5) is 0 Å². The van der Waals surface area contributed by atoms with E-state index in [1.54, 1.807) is 13.3 Å². The highest BCUT2D eigenvalue weighted by Gasteiger charge is 2.32. The lowest BCUT2D eigenvalue weighted by atomic mass is 10.0. The third-order valence-electron chi connectivity index (χ3n) is 3.31. The van der Waals surface area contributed by atoms with Crippen molar-refractivity contribution in [2.24, 2.45) is 5.10 Å². The van der Waals surface area contributed by atoms with Gasteiger partial charge < -0.3 is 9.73 Å². The zero-order chi connectivity index (χ0) is 13.9. The minimum absolute atomic E-state index is 0.0140. The third-order valence-corrected chi connectivity index (χ3v) is 3.70. The normalized spacial score (nSPS) is 17.9. The lowest BCUT2D eigenvalue weighted by molar-refractivity contribution is 0.312. The first-order valence-corrected chi connectivity index (χ1v) is 6.87. The zero-order valence-electron chi connectivity index (χ0n) is 11.1. The van der Waals surface area contributed by atoms with E-state index in [1.165, 1.54) is 0 Å². The second-order valence-electron chi connectivity index (χ2n) is 4.55. The van der Waals surface area contributed by atoms with Gasteiger partial charge in [0.15, 0.2) is 5.11 Å². The molecule has 0 saturated heterocycles. The van der Waals surface area contributed by atoms with Crippen LogP contribution >= 0.6 is 12.2 Å². The molecule has 2 aromatic rings. The highest BCUT2D eigenvalue weighted by Crippen LogP contribution is 2.32. The number of nitrogens with zero attached hydrogens (tertiary/aromatic N) is 2. The minimum Gasteiger partial charge on any atom is -0.467 e. The summed E-state index contributed by atoms with van der Waals surface area (Å²) < 4.78 is 5.52. The molecule has 2 heterocycles. The maximum absolute atomic E-state index is 5.52. The van der Waals surface area contributed by atoms with E-state index in [2.05, 4.69) is 22.6 Å². The van der Waals surface area contributed by atoms with Crippen molar-refractivity contribution in [2.75, 3.05) is 7.05 Å². The van der Waals surface area contributed by atoms with E-state index in [4.69, 9.17) is 16.6 Å². The first-order valence-electron chi connectivity index (χ1n) is 6.47. The lowest BCUT2D eigenvalue weighted by Crippen LogP contribution is -2.34. The number of furan rings is 1. The summed E-state index contributed by atoms with van der Waals surface area (Å²) >= 11 is 5.34. The second-order valence-corrected chi connectivity index (χ2v) is 4.93. The predicted octanol–water partition coefficient (Wildman–Crippen LogP) is 2.94. The van der Waals surface area contributed by atoms with Gasteiger partial charge in [-0.3, -0.25) is 0 Å². The molecule has 102 valence electrons. The van der Waals surface area contributed by atoms with E-state index in [1.807, 2.05) is 35.3 Å². The molecule has 1 aliphatic heterocycles. The standard InChI is InChI=1S/C15H15N3OS/c1-16-15(20)18-13(14-8-5-9-19-14)10-12(17-18)11-6-3-2-4-7-11/h2-9,13H,10H2,1H3,(H,16,20). The van der Waals surface area contributed by atoms with Crippen molar-refractivity contribution in [1.82, 2.24) is 10.3 Å². The van der Waals surface area contributed by atoms with Crippen molar-refractivity contribution in [3.8, 4) is 0 Å². The molecule has 0 bridgehead atoms. The fourth-order valence-electron chi connectivity index (χ4n) is 2.32. The molecule has 1 aromatic carbocycles. The Balaban J connectivity index is 1.93. The summed E-state index contributed by atoms with van der Waals surface area (Å²) in [5, 5.41) is 10.0. The molecule has 5 heteroatoms. The number of hydrogen-bond donors (Lipinski definition) is 1. The Labute approximate surface area is 123 Å². The van der Waals surface area contributed by atoms with E-state index in [-0.39, 0.29) is 6.04 Å². The van der Waals surface area contributed by atoms with Crippen LogP contribution in [0.5, 0.6) is 0 Å². The summed E-state index contributed by atoms with van der Waals surface area (Å²) in [6, 6.07) is 14.0. The van der Waals surface area contributed by atoms with Gasteiger partial charge in [0.05, 0.1) is 12.0 Å². The van der Waals surface area contributed by atoms with Gasteiger partial charge in [0.1, 0.15) is 11.8 Å². The van der Waals surface area contributed by atoms with Crippen LogP contribution in [0.2, 0.25) is 0 Å². The van der Waals surface area contributed by atoms with Gasteiger partial charge in [-0.15, -0.1) is 0 Å². The van der Waals surface area contributed by atoms with Crippen molar-refractivity contribution in [3.05, 3.63) is 60.1 Å². The number of benzene rings is 1. The van der Waals surface area contributed by atoms with Crippen molar-refractivity contribution in [2.45, 2.75) is 12.5 Å². The second kappa shape index (κ2) is 5.46. The maximum atomic E-state index is 5.52. The molecule has 0 spiro atoms. The molecule has 1 aliphatic rings. The summed E-state index contributed by atoms with van der Waals surface area (Å²) in [5.74, 6) is 0.872. The molecule has 0 aliphatic carbocycles. The molecular weight excluding hydrogens is 270 g/mol. The van der Waals surface area contributed by atoms with Crippen LogP contribution in [-0.2, 0) is 0 Å². The maximum Gasteiger partial charge on any atom is 0.190 e. The fraction of sp³-hybridized carbons (Fsp3) is 0.200. The number of rotatable bonds is 2. The molecule has 1 N–H and O–H groups in total. The van der Waals surface area contributed by atoms with Gasteiger partial charge in [-0.1, -0.05) is 30.3 Å². The number of hydrazone groups is 1. The first-order chi connectivity index (χ1) is 9.79. The van der Waals surface area contributed by atoms with Gasteiger partial charge >= 0.3 is 0 Å². The van der Waals surface area contributed by atoms with E-state index >= 15 is 0 Å². The molecule has 4 nitrogen and oxygen atoms in total. The number of hydrogen-bond acceptors (Lipinski definition) is 3. The molecule has 0 saturated carbocycles. The SMILES string of the molecule is CNC(=S)N1N=C(c2ccccc2)CC1c1ccco1. The summed E-state index contributed by atoms with van der Waals surface area (Å²) in [4.78, 5) is 0.